The molecule has 2 aliphatic heterocycles. The lowest BCUT2D eigenvalue weighted by molar-refractivity contribution is -0.141. The first-order chi connectivity index (χ1) is 10.1. The minimum atomic E-state index is -0.724. The minimum Gasteiger partial charge on any atom is -0.381 e. The summed E-state index contributed by atoms with van der Waals surface area (Å²) >= 11 is 0. The van der Waals surface area contributed by atoms with Crippen LogP contribution in [-0.4, -0.2) is 42.1 Å². The molecule has 2 atom stereocenters. The van der Waals surface area contributed by atoms with E-state index in [1.807, 2.05) is 11.0 Å². The fraction of sp³-hybridized carbons (Fsp3) is 0.588. The van der Waals surface area contributed by atoms with Gasteiger partial charge in [-0.25, -0.2) is 0 Å². The molecular formula is C17H25ClN2O2. The highest BCUT2D eigenvalue weighted by atomic mass is 35.5. The Morgan fingerprint density at radius 1 is 1.27 bits per heavy atom. The maximum Gasteiger partial charge on any atom is 0.243 e. The topological polar surface area (TPSA) is 55.6 Å². The van der Waals surface area contributed by atoms with Gasteiger partial charge in [0.05, 0.1) is 5.54 Å². The van der Waals surface area contributed by atoms with E-state index >= 15 is 0 Å². The Labute approximate surface area is 138 Å². The summed E-state index contributed by atoms with van der Waals surface area (Å²) in [6, 6.07) is 10.7. The van der Waals surface area contributed by atoms with E-state index in [9.17, 15) is 4.79 Å². The Morgan fingerprint density at radius 2 is 1.91 bits per heavy atom. The molecule has 4 nitrogen and oxygen atoms in total. The number of amides is 1. The quantitative estimate of drug-likeness (QED) is 0.908. The van der Waals surface area contributed by atoms with Gasteiger partial charge in [0.15, 0.2) is 0 Å². The van der Waals surface area contributed by atoms with E-state index in [2.05, 4.69) is 31.2 Å². The second kappa shape index (κ2) is 6.99. The summed E-state index contributed by atoms with van der Waals surface area (Å²) in [5, 5.41) is 0. The number of likely N-dealkylation sites (tertiary alicyclic amines) is 1. The maximum absolute atomic E-state index is 12.9. The number of carbonyl (C=O) groups is 1. The van der Waals surface area contributed by atoms with Gasteiger partial charge in [-0.3, -0.25) is 4.79 Å². The summed E-state index contributed by atoms with van der Waals surface area (Å²) in [5.74, 6) is 0.523. The van der Waals surface area contributed by atoms with Crippen molar-refractivity contribution in [2.24, 2.45) is 5.73 Å². The summed E-state index contributed by atoms with van der Waals surface area (Å²) in [6.45, 7) is 4.13. The fourth-order valence-corrected chi connectivity index (χ4v) is 3.61. The SMILES string of the molecule is CC1C(c2ccccc2)CCN1C(=O)C1(N)CCOCC1.Cl. The Hall–Kier alpha value is -1.10. The number of hydrogen-bond acceptors (Lipinski definition) is 3. The van der Waals surface area contributed by atoms with Crippen LogP contribution in [0.4, 0.5) is 0 Å². The van der Waals surface area contributed by atoms with Crippen LogP contribution >= 0.6 is 12.4 Å². The molecule has 2 aliphatic rings. The van der Waals surface area contributed by atoms with Crippen molar-refractivity contribution in [2.75, 3.05) is 19.8 Å². The number of benzene rings is 1. The molecule has 0 bridgehead atoms. The third-order valence-corrected chi connectivity index (χ3v) is 5.05. The van der Waals surface area contributed by atoms with E-state index < -0.39 is 5.54 Å². The molecule has 3 rings (SSSR count). The largest absolute Gasteiger partial charge is 0.381 e. The summed E-state index contributed by atoms with van der Waals surface area (Å²) in [5.41, 5.74) is 6.95. The van der Waals surface area contributed by atoms with Crippen molar-refractivity contribution in [2.45, 2.75) is 43.7 Å². The van der Waals surface area contributed by atoms with Crippen molar-refractivity contribution in [3.8, 4) is 0 Å². The van der Waals surface area contributed by atoms with Crippen LogP contribution in [-0.2, 0) is 9.53 Å². The molecule has 2 unspecified atom stereocenters. The third kappa shape index (κ3) is 3.14. The van der Waals surface area contributed by atoms with Gasteiger partial charge >= 0.3 is 0 Å². The Morgan fingerprint density at radius 3 is 2.55 bits per heavy atom. The predicted molar refractivity (Wildman–Crippen MR) is 89.2 cm³/mol. The molecule has 0 spiro atoms. The first-order valence-electron chi connectivity index (χ1n) is 7.84. The lowest BCUT2D eigenvalue weighted by atomic mass is 9.88. The minimum absolute atomic E-state index is 0. The van der Waals surface area contributed by atoms with Crippen LogP contribution in [0.1, 0.15) is 37.7 Å². The van der Waals surface area contributed by atoms with Crippen LogP contribution in [0.2, 0.25) is 0 Å². The smallest absolute Gasteiger partial charge is 0.243 e. The molecule has 2 fully saturated rings. The zero-order chi connectivity index (χ0) is 14.9. The van der Waals surface area contributed by atoms with Gasteiger partial charge in [-0.05, 0) is 31.7 Å². The van der Waals surface area contributed by atoms with E-state index in [0.717, 1.165) is 13.0 Å². The molecule has 122 valence electrons. The van der Waals surface area contributed by atoms with Gasteiger partial charge in [-0.2, -0.15) is 0 Å². The van der Waals surface area contributed by atoms with Crippen molar-refractivity contribution in [1.29, 1.82) is 0 Å². The zero-order valence-corrected chi connectivity index (χ0v) is 13.8. The highest BCUT2D eigenvalue weighted by molar-refractivity contribution is 5.87. The molecule has 0 aliphatic carbocycles. The highest BCUT2D eigenvalue weighted by Crippen LogP contribution is 2.35. The van der Waals surface area contributed by atoms with E-state index in [1.165, 1.54) is 5.56 Å². The Kier molecular flexibility index (Phi) is 5.48. The monoisotopic (exact) mass is 324 g/mol. The Balaban J connectivity index is 0.00000176. The molecule has 1 amide bonds. The third-order valence-electron chi connectivity index (χ3n) is 5.05. The summed E-state index contributed by atoms with van der Waals surface area (Å²) < 4.78 is 5.34. The molecule has 2 saturated heterocycles. The van der Waals surface area contributed by atoms with Crippen molar-refractivity contribution >= 4 is 18.3 Å². The van der Waals surface area contributed by atoms with E-state index in [4.69, 9.17) is 10.5 Å². The molecule has 0 saturated carbocycles. The number of nitrogens with zero attached hydrogens (tertiary/aromatic N) is 1. The number of rotatable bonds is 2. The molecule has 1 aromatic carbocycles. The standard InChI is InChI=1S/C17H24N2O2.ClH/c1-13-15(14-5-3-2-4-6-14)7-10-19(13)16(20)17(18)8-11-21-12-9-17;/h2-6,13,15H,7-12,18H2,1H3;1H. The summed E-state index contributed by atoms with van der Waals surface area (Å²) in [6.07, 6.45) is 2.28. The molecule has 5 heteroatoms. The van der Waals surface area contributed by atoms with Crippen molar-refractivity contribution in [3.05, 3.63) is 35.9 Å². The summed E-state index contributed by atoms with van der Waals surface area (Å²) in [4.78, 5) is 14.8. The van der Waals surface area contributed by atoms with Gasteiger partial charge in [-0.1, -0.05) is 30.3 Å². The second-order valence-corrected chi connectivity index (χ2v) is 6.31. The molecule has 22 heavy (non-hydrogen) atoms. The second-order valence-electron chi connectivity index (χ2n) is 6.31. The fourth-order valence-electron chi connectivity index (χ4n) is 3.61. The van der Waals surface area contributed by atoms with Crippen LogP contribution in [0, 0.1) is 0 Å². The highest BCUT2D eigenvalue weighted by Gasteiger charge is 2.44. The van der Waals surface area contributed by atoms with Gasteiger partial charge in [0.2, 0.25) is 5.91 Å². The van der Waals surface area contributed by atoms with Crippen LogP contribution in [0.3, 0.4) is 0 Å². The van der Waals surface area contributed by atoms with E-state index in [-0.39, 0.29) is 24.4 Å². The van der Waals surface area contributed by atoms with E-state index in [1.54, 1.807) is 0 Å². The maximum atomic E-state index is 12.9. The first-order valence-corrected chi connectivity index (χ1v) is 7.84. The molecule has 0 radical (unpaired) electrons. The molecular weight excluding hydrogens is 300 g/mol. The van der Waals surface area contributed by atoms with Crippen LogP contribution in [0.25, 0.3) is 0 Å². The zero-order valence-electron chi connectivity index (χ0n) is 13.0. The molecule has 2 heterocycles. The normalized spacial score (nSPS) is 27.3. The molecule has 1 aromatic rings. The van der Waals surface area contributed by atoms with Gasteiger partial charge in [-0.15, -0.1) is 12.4 Å². The average Bonchev–Trinajstić information content (AvgIpc) is 2.89. The van der Waals surface area contributed by atoms with Crippen molar-refractivity contribution < 1.29 is 9.53 Å². The number of carbonyl (C=O) groups excluding carboxylic acids is 1. The molecule has 0 aromatic heterocycles. The van der Waals surface area contributed by atoms with Crippen LogP contribution < -0.4 is 5.73 Å². The van der Waals surface area contributed by atoms with Gasteiger partial charge in [0, 0.05) is 31.7 Å². The lowest BCUT2D eigenvalue weighted by Crippen LogP contribution is -2.58. The van der Waals surface area contributed by atoms with Gasteiger partial charge in [0.25, 0.3) is 0 Å². The molecule has 2 N–H and O–H groups in total. The predicted octanol–water partition coefficient (Wildman–Crippen LogP) is 2.32. The van der Waals surface area contributed by atoms with Crippen molar-refractivity contribution in [1.82, 2.24) is 4.90 Å². The van der Waals surface area contributed by atoms with Gasteiger partial charge < -0.3 is 15.4 Å². The van der Waals surface area contributed by atoms with Crippen molar-refractivity contribution in [3.63, 3.8) is 0 Å². The number of nitrogens with two attached hydrogens (primary N) is 1. The Bertz CT molecular complexity index is 503. The van der Waals surface area contributed by atoms with Crippen LogP contribution in [0.15, 0.2) is 30.3 Å². The number of hydrogen-bond donors (Lipinski definition) is 1. The lowest BCUT2D eigenvalue weighted by Gasteiger charge is -2.37. The summed E-state index contributed by atoms with van der Waals surface area (Å²) in [7, 11) is 0. The number of ether oxygens (including phenoxy) is 1. The van der Waals surface area contributed by atoms with Gasteiger partial charge in [0.1, 0.15) is 0 Å². The first kappa shape index (κ1) is 17.3. The van der Waals surface area contributed by atoms with Crippen LogP contribution in [0.5, 0.6) is 0 Å². The average molecular weight is 325 g/mol. The number of halogens is 1. The van der Waals surface area contributed by atoms with E-state index in [0.29, 0.717) is 32.0 Å².